The summed E-state index contributed by atoms with van der Waals surface area (Å²) in [6.07, 6.45) is -1.66. The fourth-order valence-electron chi connectivity index (χ4n) is 2.22. The van der Waals surface area contributed by atoms with Crippen molar-refractivity contribution in [3.63, 3.8) is 0 Å². The molecule has 1 atom stereocenters. The van der Waals surface area contributed by atoms with Crippen LogP contribution in [0, 0.1) is 11.9 Å². The Kier molecular flexibility index (Phi) is 6.77. The molecule has 2 N–H and O–H groups in total. The standard InChI is InChI=1S/C17H22F2N2O5/c1-5-17(14(23)24,21-15(25)26-16(2,3)4)9-8-11(22)10-6-7-12(18)20-13(10)19/h6-7H,5,8-9H2,1-4H3,(H,21,25)(H,23,24)/t17-/m0/s1. The molecule has 9 heteroatoms. The highest BCUT2D eigenvalue weighted by molar-refractivity contribution is 5.96. The number of amides is 1. The molecule has 0 aliphatic rings. The number of alkyl carbamates (subject to hydrolysis) is 1. The molecule has 0 fully saturated rings. The van der Waals surface area contributed by atoms with Crippen LogP contribution in [0.4, 0.5) is 13.6 Å². The summed E-state index contributed by atoms with van der Waals surface area (Å²) in [7, 11) is 0. The van der Waals surface area contributed by atoms with Crippen molar-refractivity contribution in [1.29, 1.82) is 0 Å². The maximum Gasteiger partial charge on any atom is 0.408 e. The zero-order valence-electron chi connectivity index (χ0n) is 15.1. The molecule has 0 unspecified atom stereocenters. The second kappa shape index (κ2) is 8.20. The van der Waals surface area contributed by atoms with E-state index in [9.17, 15) is 28.3 Å². The number of aromatic nitrogens is 1. The number of ketones is 1. The number of halogens is 2. The molecule has 0 spiro atoms. The van der Waals surface area contributed by atoms with Crippen LogP contribution in [0.1, 0.15) is 57.3 Å². The Morgan fingerprint density at radius 1 is 1.23 bits per heavy atom. The van der Waals surface area contributed by atoms with Gasteiger partial charge in [-0.2, -0.15) is 13.8 Å². The number of carbonyl (C=O) groups is 3. The maximum absolute atomic E-state index is 13.6. The average Bonchev–Trinajstić information content (AvgIpc) is 2.49. The minimum absolute atomic E-state index is 0.0288. The fraction of sp³-hybridized carbons (Fsp3) is 0.529. The third kappa shape index (κ3) is 5.75. The van der Waals surface area contributed by atoms with E-state index in [0.717, 1.165) is 12.1 Å². The van der Waals surface area contributed by atoms with E-state index in [1.165, 1.54) is 6.92 Å². The van der Waals surface area contributed by atoms with Gasteiger partial charge in [0.2, 0.25) is 11.9 Å². The van der Waals surface area contributed by atoms with Gasteiger partial charge in [0, 0.05) is 6.42 Å². The summed E-state index contributed by atoms with van der Waals surface area (Å²) in [4.78, 5) is 38.7. The largest absolute Gasteiger partial charge is 0.480 e. The first kappa shape index (κ1) is 21.5. The number of hydrogen-bond acceptors (Lipinski definition) is 5. The first-order valence-corrected chi connectivity index (χ1v) is 8.00. The second-order valence-corrected chi connectivity index (χ2v) is 6.76. The number of ether oxygens (including phenoxy) is 1. The highest BCUT2D eigenvalue weighted by Crippen LogP contribution is 2.22. The van der Waals surface area contributed by atoms with E-state index in [4.69, 9.17) is 4.74 Å². The number of Topliss-reactive ketones (excluding diaryl/α,β-unsaturated/α-hetero) is 1. The molecule has 144 valence electrons. The smallest absolute Gasteiger partial charge is 0.408 e. The molecule has 26 heavy (non-hydrogen) atoms. The second-order valence-electron chi connectivity index (χ2n) is 6.76. The van der Waals surface area contributed by atoms with Crippen LogP contribution in [-0.2, 0) is 9.53 Å². The van der Waals surface area contributed by atoms with Gasteiger partial charge in [-0.25, -0.2) is 9.59 Å². The van der Waals surface area contributed by atoms with Crippen molar-refractivity contribution < 1.29 is 33.0 Å². The van der Waals surface area contributed by atoms with E-state index < -0.39 is 46.4 Å². The Balaban J connectivity index is 2.92. The van der Waals surface area contributed by atoms with E-state index in [1.807, 2.05) is 0 Å². The molecule has 1 heterocycles. The van der Waals surface area contributed by atoms with Gasteiger partial charge in [-0.3, -0.25) is 4.79 Å². The van der Waals surface area contributed by atoms with E-state index in [2.05, 4.69) is 10.3 Å². The molecule has 7 nitrogen and oxygen atoms in total. The number of hydrogen-bond donors (Lipinski definition) is 2. The van der Waals surface area contributed by atoms with E-state index >= 15 is 0 Å². The summed E-state index contributed by atoms with van der Waals surface area (Å²) in [5, 5.41) is 11.8. The van der Waals surface area contributed by atoms with Crippen LogP contribution in [-0.4, -0.2) is 39.1 Å². The highest BCUT2D eigenvalue weighted by atomic mass is 19.1. The van der Waals surface area contributed by atoms with Crippen molar-refractivity contribution in [2.75, 3.05) is 0 Å². The van der Waals surface area contributed by atoms with Gasteiger partial charge in [-0.1, -0.05) is 6.92 Å². The van der Waals surface area contributed by atoms with Gasteiger partial charge in [0.1, 0.15) is 11.1 Å². The Morgan fingerprint density at radius 3 is 2.31 bits per heavy atom. The predicted molar refractivity (Wildman–Crippen MR) is 87.7 cm³/mol. The van der Waals surface area contributed by atoms with Gasteiger partial charge in [0.15, 0.2) is 5.78 Å². The van der Waals surface area contributed by atoms with Crippen LogP contribution in [0.3, 0.4) is 0 Å². The van der Waals surface area contributed by atoms with Crippen LogP contribution >= 0.6 is 0 Å². The van der Waals surface area contributed by atoms with E-state index in [-0.39, 0.29) is 19.3 Å². The molecule has 0 saturated carbocycles. The van der Waals surface area contributed by atoms with Gasteiger partial charge in [-0.05, 0) is 45.7 Å². The van der Waals surface area contributed by atoms with Gasteiger partial charge >= 0.3 is 12.1 Å². The van der Waals surface area contributed by atoms with Crippen molar-refractivity contribution >= 4 is 17.8 Å². The van der Waals surface area contributed by atoms with E-state index in [0.29, 0.717) is 0 Å². The van der Waals surface area contributed by atoms with Crippen LogP contribution < -0.4 is 5.32 Å². The monoisotopic (exact) mass is 372 g/mol. The van der Waals surface area contributed by atoms with E-state index in [1.54, 1.807) is 20.8 Å². The summed E-state index contributed by atoms with van der Waals surface area (Å²) in [6, 6.07) is 1.77. The zero-order chi connectivity index (χ0) is 20.1. The van der Waals surface area contributed by atoms with Crippen molar-refractivity contribution in [2.45, 2.75) is 58.1 Å². The minimum Gasteiger partial charge on any atom is -0.480 e. The molecule has 0 radical (unpaired) electrons. The third-order valence-corrected chi connectivity index (χ3v) is 3.65. The predicted octanol–water partition coefficient (Wildman–Crippen LogP) is 3.08. The summed E-state index contributed by atoms with van der Waals surface area (Å²) < 4.78 is 31.5. The van der Waals surface area contributed by atoms with Gasteiger partial charge < -0.3 is 15.2 Å². The maximum atomic E-state index is 13.6. The molecular weight excluding hydrogens is 350 g/mol. The molecule has 0 bridgehead atoms. The molecular formula is C17H22F2N2O5. The van der Waals surface area contributed by atoms with Crippen LogP contribution in [0.5, 0.6) is 0 Å². The molecule has 0 aliphatic carbocycles. The Hall–Kier alpha value is -2.58. The summed E-state index contributed by atoms with van der Waals surface area (Å²) in [5.74, 6) is -4.44. The summed E-state index contributed by atoms with van der Waals surface area (Å²) in [6.45, 7) is 6.38. The molecule has 0 aliphatic heterocycles. The first-order chi connectivity index (χ1) is 11.9. The van der Waals surface area contributed by atoms with Gasteiger partial charge in [-0.15, -0.1) is 0 Å². The zero-order valence-corrected chi connectivity index (χ0v) is 15.1. The number of carboxylic acid groups (broad SMARTS) is 1. The lowest BCUT2D eigenvalue weighted by molar-refractivity contribution is -0.145. The van der Waals surface area contributed by atoms with Gasteiger partial charge in [0.25, 0.3) is 0 Å². The lowest BCUT2D eigenvalue weighted by atomic mass is 9.88. The summed E-state index contributed by atoms with van der Waals surface area (Å²) >= 11 is 0. The Bertz CT molecular complexity index is 703. The van der Waals surface area contributed by atoms with Crippen LogP contribution in [0.15, 0.2) is 12.1 Å². The van der Waals surface area contributed by atoms with Crippen molar-refractivity contribution in [3.05, 3.63) is 29.6 Å². The number of carboxylic acids is 1. The Labute approximate surface area is 149 Å². The molecule has 0 aromatic carbocycles. The number of pyridine rings is 1. The number of carbonyl (C=O) groups excluding carboxylic acids is 2. The average molecular weight is 372 g/mol. The van der Waals surface area contributed by atoms with Crippen molar-refractivity contribution in [3.8, 4) is 0 Å². The number of rotatable bonds is 7. The van der Waals surface area contributed by atoms with Crippen LogP contribution in [0.25, 0.3) is 0 Å². The van der Waals surface area contributed by atoms with Crippen LogP contribution in [0.2, 0.25) is 0 Å². The lowest BCUT2D eigenvalue weighted by Crippen LogP contribution is -2.55. The molecule has 1 rings (SSSR count). The molecule has 1 aromatic rings. The minimum atomic E-state index is -1.76. The topological polar surface area (TPSA) is 106 Å². The molecule has 0 saturated heterocycles. The SMILES string of the molecule is CC[C@@](CCC(=O)c1ccc(F)nc1F)(NC(=O)OC(C)(C)C)C(=O)O. The Morgan fingerprint density at radius 2 is 1.85 bits per heavy atom. The molecule has 1 aromatic heterocycles. The van der Waals surface area contributed by atoms with Gasteiger partial charge in [0.05, 0.1) is 5.56 Å². The fourth-order valence-corrected chi connectivity index (χ4v) is 2.22. The third-order valence-electron chi connectivity index (χ3n) is 3.65. The number of aliphatic carboxylic acids is 1. The first-order valence-electron chi connectivity index (χ1n) is 8.00. The molecule has 1 amide bonds. The number of nitrogens with one attached hydrogen (secondary N) is 1. The van der Waals surface area contributed by atoms with Crippen molar-refractivity contribution in [2.24, 2.45) is 0 Å². The quantitative estimate of drug-likeness (QED) is 0.563. The normalized spacial score (nSPS) is 13.6. The lowest BCUT2D eigenvalue weighted by Gasteiger charge is -2.30. The number of nitrogens with zero attached hydrogens (tertiary/aromatic N) is 1. The highest BCUT2D eigenvalue weighted by Gasteiger charge is 2.40. The van der Waals surface area contributed by atoms with Crippen molar-refractivity contribution in [1.82, 2.24) is 10.3 Å². The summed E-state index contributed by atoms with van der Waals surface area (Å²) in [5.41, 5.74) is -3.04.